The van der Waals surface area contributed by atoms with Crippen LogP contribution in [0.4, 0.5) is 0 Å². The SMILES string of the molecule is CCCCCCC(C)NC(=O)C(C(N)=S)C(C)C. The number of unbranched alkanes of at least 4 members (excludes halogenated alkanes) is 3. The van der Waals surface area contributed by atoms with Crippen molar-refractivity contribution in [2.75, 3.05) is 0 Å². The van der Waals surface area contributed by atoms with E-state index in [1.807, 2.05) is 20.8 Å². The van der Waals surface area contributed by atoms with Gasteiger partial charge >= 0.3 is 0 Å². The summed E-state index contributed by atoms with van der Waals surface area (Å²) in [4.78, 5) is 12.3. The Balaban J connectivity index is 4.08. The molecule has 2 unspecified atom stereocenters. The van der Waals surface area contributed by atoms with Crippen molar-refractivity contribution in [3.8, 4) is 0 Å². The van der Waals surface area contributed by atoms with Crippen LogP contribution in [0.15, 0.2) is 0 Å². The van der Waals surface area contributed by atoms with Crippen molar-refractivity contribution in [1.82, 2.24) is 5.32 Å². The number of hydrogen-bond acceptors (Lipinski definition) is 2. The van der Waals surface area contributed by atoms with E-state index in [0.717, 1.165) is 12.8 Å². The second kappa shape index (κ2) is 9.31. The molecule has 0 aliphatic carbocycles. The Hall–Kier alpha value is -0.640. The summed E-state index contributed by atoms with van der Waals surface area (Å²) in [6.07, 6.45) is 5.92. The molecule has 0 aromatic carbocycles. The summed E-state index contributed by atoms with van der Waals surface area (Å²) in [6.45, 7) is 8.17. The van der Waals surface area contributed by atoms with Crippen LogP contribution >= 0.6 is 12.2 Å². The molecule has 1 amide bonds. The van der Waals surface area contributed by atoms with Crippen LogP contribution in [0, 0.1) is 11.8 Å². The van der Waals surface area contributed by atoms with Gasteiger partial charge in [-0.1, -0.05) is 58.7 Å². The van der Waals surface area contributed by atoms with Crippen LogP contribution in [0.25, 0.3) is 0 Å². The van der Waals surface area contributed by atoms with Crippen LogP contribution in [0.3, 0.4) is 0 Å². The van der Waals surface area contributed by atoms with Gasteiger partial charge in [0.05, 0.1) is 10.9 Å². The molecule has 0 aromatic heterocycles. The number of nitrogens with two attached hydrogens (primary N) is 1. The van der Waals surface area contributed by atoms with E-state index in [1.54, 1.807) is 0 Å². The number of carbonyl (C=O) groups is 1. The van der Waals surface area contributed by atoms with E-state index in [-0.39, 0.29) is 23.8 Å². The van der Waals surface area contributed by atoms with Gasteiger partial charge in [0.15, 0.2) is 0 Å². The van der Waals surface area contributed by atoms with Crippen molar-refractivity contribution < 1.29 is 4.79 Å². The zero-order chi connectivity index (χ0) is 14.1. The molecule has 0 heterocycles. The first-order valence-electron chi connectivity index (χ1n) is 6.99. The quantitative estimate of drug-likeness (QED) is 0.501. The molecule has 2 atom stereocenters. The summed E-state index contributed by atoms with van der Waals surface area (Å²) in [7, 11) is 0. The molecular formula is C14H28N2OS. The predicted octanol–water partition coefficient (Wildman–Crippen LogP) is 3.02. The average Bonchev–Trinajstić information content (AvgIpc) is 2.23. The van der Waals surface area contributed by atoms with Crippen LogP contribution in [-0.4, -0.2) is 16.9 Å². The molecule has 0 bridgehead atoms. The molecule has 0 radical (unpaired) electrons. The molecule has 0 saturated carbocycles. The summed E-state index contributed by atoms with van der Waals surface area (Å²) >= 11 is 4.96. The zero-order valence-corrected chi connectivity index (χ0v) is 13.0. The fraction of sp³-hybridized carbons (Fsp3) is 0.857. The Labute approximate surface area is 117 Å². The fourth-order valence-corrected chi connectivity index (χ4v) is 2.42. The number of hydrogen-bond donors (Lipinski definition) is 2. The van der Waals surface area contributed by atoms with Gasteiger partial charge in [0.2, 0.25) is 5.91 Å². The van der Waals surface area contributed by atoms with E-state index in [9.17, 15) is 4.79 Å². The van der Waals surface area contributed by atoms with E-state index in [1.165, 1.54) is 19.3 Å². The minimum Gasteiger partial charge on any atom is -0.393 e. The molecule has 3 N–H and O–H groups in total. The van der Waals surface area contributed by atoms with Gasteiger partial charge in [-0.2, -0.15) is 0 Å². The lowest BCUT2D eigenvalue weighted by molar-refractivity contribution is -0.124. The van der Waals surface area contributed by atoms with Gasteiger partial charge in [0, 0.05) is 6.04 Å². The third-order valence-electron chi connectivity index (χ3n) is 3.14. The van der Waals surface area contributed by atoms with Crippen LogP contribution in [0.1, 0.15) is 59.8 Å². The lowest BCUT2D eigenvalue weighted by atomic mass is 9.94. The highest BCUT2D eigenvalue weighted by Gasteiger charge is 2.25. The van der Waals surface area contributed by atoms with E-state index >= 15 is 0 Å². The maximum Gasteiger partial charge on any atom is 0.230 e. The maximum atomic E-state index is 12.0. The highest BCUT2D eigenvalue weighted by atomic mass is 32.1. The standard InChI is InChI=1S/C14H28N2OS/c1-5-6-7-8-9-11(4)16-14(17)12(10(2)3)13(15)18/h10-12H,5-9H2,1-4H3,(H2,15,18)(H,16,17). The molecule has 18 heavy (non-hydrogen) atoms. The minimum absolute atomic E-state index is 0.0273. The van der Waals surface area contributed by atoms with E-state index in [0.29, 0.717) is 4.99 Å². The van der Waals surface area contributed by atoms with Gasteiger partial charge in [-0.3, -0.25) is 4.79 Å². The number of nitrogens with one attached hydrogen (secondary N) is 1. The lowest BCUT2D eigenvalue weighted by Gasteiger charge is -2.22. The molecule has 0 spiro atoms. The Morgan fingerprint density at radius 3 is 2.28 bits per heavy atom. The maximum absolute atomic E-state index is 12.0. The Kier molecular flexibility index (Phi) is 8.98. The minimum atomic E-state index is -0.349. The van der Waals surface area contributed by atoms with Crippen molar-refractivity contribution in [3.05, 3.63) is 0 Å². The van der Waals surface area contributed by atoms with Crippen LogP contribution < -0.4 is 11.1 Å². The Morgan fingerprint density at radius 2 is 1.83 bits per heavy atom. The van der Waals surface area contributed by atoms with Gasteiger partial charge in [-0.05, 0) is 19.3 Å². The summed E-state index contributed by atoms with van der Waals surface area (Å²) < 4.78 is 0. The normalized spacial score (nSPS) is 14.3. The Morgan fingerprint density at radius 1 is 1.22 bits per heavy atom. The van der Waals surface area contributed by atoms with Crippen molar-refractivity contribution in [2.24, 2.45) is 17.6 Å². The highest BCUT2D eigenvalue weighted by Crippen LogP contribution is 2.13. The molecule has 0 aliphatic heterocycles. The first kappa shape index (κ1) is 17.4. The fourth-order valence-electron chi connectivity index (χ4n) is 2.04. The molecular weight excluding hydrogens is 244 g/mol. The summed E-state index contributed by atoms with van der Waals surface area (Å²) in [6, 6.07) is 0.199. The van der Waals surface area contributed by atoms with Crippen molar-refractivity contribution in [2.45, 2.75) is 65.8 Å². The molecule has 0 fully saturated rings. The monoisotopic (exact) mass is 272 g/mol. The summed E-state index contributed by atoms with van der Waals surface area (Å²) in [5, 5.41) is 3.01. The number of rotatable bonds is 9. The van der Waals surface area contributed by atoms with Crippen molar-refractivity contribution >= 4 is 23.1 Å². The zero-order valence-electron chi connectivity index (χ0n) is 12.2. The second-order valence-corrected chi connectivity index (χ2v) is 5.85. The molecule has 4 heteroatoms. The van der Waals surface area contributed by atoms with Crippen LogP contribution in [0.5, 0.6) is 0 Å². The molecule has 0 saturated heterocycles. The molecule has 3 nitrogen and oxygen atoms in total. The predicted molar refractivity (Wildman–Crippen MR) is 81.5 cm³/mol. The summed E-state index contributed by atoms with van der Waals surface area (Å²) in [5.41, 5.74) is 5.62. The highest BCUT2D eigenvalue weighted by molar-refractivity contribution is 7.80. The second-order valence-electron chi connectivity index (χ2n) is 5.38. The van der Waals surface area contributed by atoms with Crippen LogP contribution in [0.2, 0.25) is 0 Å². The lowest BCUT2D eigenvalue weighted by Crippen LogP contribution is -2.44. The van der Waals surface area contributed by atoms with Gasteiger partial charge in [0.25, 0.3) is 0 Å². The third kappa shape index (κ3) is 6.94. The van der Waals surface area contributed by atoms with Crippen molar-refractivity contribution in [3.63, 3.8) is 0 Å². The van der Waals surface area contributed by atoms with Gasteiger partial charge in [-0.25, -0.2) is 0 Å². The first-order valence-corrected chi connectivity index (χ1v) is 7.40. The van der Waals surface area contributed by atoms with Gasteiger partial charge in [0.1, 0.15) is 0 Å². The third-order valence-corrected chi connectivity index (χ3v) is 3.39. The van der Waals surface area contributed by atoms with E-state index < -0.39 is 0 Å². The number of carbonyl (C=O) groups excluding carboxylic acids is 1. The summed E-state index contributed by atoms with van der Waals surface area (Å²) in [5.74, 6) is -0.228. The van der Waals surface area contributed by atoms with Crippen LogP contribution in [-0.2, 0) is 4.79 Å². The Bertz CT molecular complexity index is 267. The first-order chi connectivity index (χ1) is 8.40. The average molecular weight is 272 g/mol. The van der Waals surface area contributed by atoms with Gasteiger partial charge < -0.3 is 11.1 Å². The smallest absolute Gasteiger partial charge is 0.230 e. The van der Waals surface area contributed by atoms with Gasteiger partial charge in [-0.15, -0.1) is 0 Å². The molecule has 0 aromatic rings. The number of thiocarbonyl (C=S) groups is 1. The molecule has 0 aliphatic rings. The van der Waals surface area contributed by atoms with Crippen molar-refractivity contribution in [1.29, 1.82) is 0 Å². The largest absolute Gasteiger partial charge is 0.393 e. The molecule has 0 rings (SSSR count). The van der Waals surface area contributed by atoms with E-state index in [4.69, 9.17) is 18.0 Å². The number of amides is 1. The topological polar surface area (TPSA) is 55.1 Å². The molecule has 106 valence electrons. The van der Waals surface area contributed by atoms with E-state index in [2.05, 4.69) is 12.2 Å².